The Morgan fingerprint density at radius 2 is 1.74 bits per heavy atom. The lowest BCUT2D eigenvalue weighted by molar-refractivity contribution is 0.304. The topological polar surface area (TPSA) is 83.8 Å². The first kappa shape index (κ1) is 13.4. The Morgan fingerprint density at radius 3 is 2.37 bits per heavy atom. The average Bonchev–Trinajstić information content (AvgIpc) is 2.37. The summed E-state index contributed by atoms with van der Waals surface area (Å²) in [4.78, 5) is -0.571. The number of phenols is 1. The fraction of sp³-hybridized carbons (Fsp3) is 0.0769. The first-order valence-corrected chi connectivity index (χ1v) is 6.88. The molecule has 100 valence electrons. The zero-order valence-corrected chi connectivity index (χ0v) is 10.7. The van der Waals surface area contributed by atoms with Crippen LogP contribution in [0.5, 0.6) is 11.5 Å². The van der Waals surface area contributed by atoms with Gasteiger partial charge in [-0.3, -0.25) is 4.55 Å². The van der Waals surface area contributed by atoms with Gasteiger partial charge in [0.1, 0.15) is 23.0 Å². The number of ether oxygens (including phenoxy) is 1. The summed E-state index contributed by atoms with van der Waals surface area (Å²) in [5.41, 5.74) is 0.920. The van der Waals surface area contributed by atoms with Crippen molar-refractivity contribution in [1.82, 2.24) is 0 Å². The number of hydrogen-bond donors (Lipinski definition) is 2. The molecule has 19 heavy (non-hydrogen) atoms. The fourth-order valence-corrected chi connectivity index (χ4v) is 2.13. The van der Waals surface area contributed by atoms with Gasteiger partial charge in [-0.1, -0.05) is 30.3 Å². The Balaban J connectivity index is 2.18. The molecule has 2 rings (SSSR count). The minimum atomic E-state index is -4.47. The number of hydrogen-bond acceptors (Lipinski definition) is 4. The summed E-state index contributed by atoms with van der Waals surface area (Å²) in [5.74, 6) is -0.274. The molecular weight excluding hydrogens is 268 g/mol. The van der Waals surface area contributed by atoms with E-state index in [0.717, 1.165) is 17.7 Å². The predicted octanol–water partition coefficient (Wildman–Crippen LogP) is 2.22. The smallest absolute Gasteiger partial charge is 0.298 e. The maximum atomic E-state index is 11.0. The van der Waals surface area contributed by atoms with Crippen LogP contribution in [0.4, 0.5) is 0 Å². The molecule has 0 fully saturated rings. The van der Waals surface area contributed by atoms with Gasteiger partial charge < -0.3 is 9.84 Å². The summed E-state index contributed by atoms with van der Waals surface area (Å²) < 4.78 is 36.4. The minimum absolute atomic E-state index is 0.245. The molecule has 5 nitrogen and oxygen atoms in total. The molecule has 0 unspecified atom stereocenters. The molecule has 0 saturated carbocycles. The molecular formula is C13H12O5S. The Morgan fingerprint density at radius 1 is 1.05 bits per heavy atom. The fourth-order valence-electron chi connectivity index (χ4n) is 1.53. The van der Waals surface area contributed by atoms with Crippen molar-refractivity contribution in [3.8, 4) is 11.5 Å². The van der Waals surface area contributed by atoms with Gasteiger partial charge in [0, 0.05) is 6.07 Å². The van der Waals surface area contributed by atoms with Crippen LogP contribution in [0.1, 0.15) is 5.56 Å². The molecule has 0 heterocycles. The highest BCUT2D eigenvalue weighted by Crippen LogP contribution is 2.27. The second-order valence-electron chi connectivity index (χ2n) is 3.88. The summed E-state index contributed by atoms with van der Waals surface area (Å²) in [7, 11) is -4.47. The first-order valence-electron chi connectivity index (χ1n) is 5.44. The van der Waals surface area contributed by atoms with Gasteiger partial charge in [0.05, 0.1) is 0 Å². The molecule has 2 aromatic carbocycles. The van der Waals surface area contributed by atoms with E-state index in [1.54, 1.807) is 0 Å². The molecule has 0 spiro atoms. The molecule has 2 aromatic rings. The maximum absolute atomic E-state index is 11.0. The normalized spacial score (nSPS) is 11.2. The molecule has 0 aromatic heterocycles. The van der Waals surface area contributed by atoms with Gasteiger partial charge in [-0.05, 0) is 17.7 Å². The Labute approximate surface area is 110 Å². The number of benzene rings is 2. The van der Waals surface area contributed by atoms with Crippen LogP contribution in [0.25, 0.3) is 0 Å². The van der Waals surface area contributed by atoms with Crippen molar-refractivity contribution in [3.63, 3.8) is 0 Å². The van der Waals surface area contributed by atoms with Crippen molar-refractivity contribution in [2.45, 2.75) is 11.5 Å². The lowest BCUT2D eigenvalue weighted by Gasteiger charge is -2.08. The molecule has 0 radical (unpaired) electrons. The van der Waals surface area contributed by atoms with E-state index >= 15 is 0 Å². The monoisotopic (exact) mass is 280 g/mol. The van der Waals surface area contributed by atoms with Crippen LogP contribution in [0.3, 0.4) is 0 Å². The van der Waals surface area contributed by atoms with Gasteiger partial charge in [0.25, 0.3) is 10.1 Å². The van der Waals surface area contributed by atoms with Crippen molar-refractivity contribution >= 4 is 10.1 Å². The second-order valence-corrected chi connectivity index (χ2v) is 5.27. The standard InChI is InChI=1S/C13H12O5S/c14-12-7-6-11(8-13(12)19(15,16)17)18-9-10-4-2-1-3-5-10/h1-8,14H,9H2,(H,15,16,17). The highest BCUT2D eigenvalue weighted by molar-refractivity contribution is 7.86. The zero-order valence-electron chi connectivity index (χ0n) is 9.85. The van der Waals surface area contributed by atoms with Crippen LogP contribution in [-0.4, -0.2) is 18.1 Å². The SMILES string of the molecule is O=S(=O)(O)c1cc(OCc2ccccc2)ccc1O. The zero-order chi connectivity index (χ0) is 13.9. The highest BCUT2D eigenvalue weighted by Gasteiger charge is 2.16. The minimum Gasteiger partial charge on any atom is -0.506 e. The van der Waals surface area contributed by atoms with E-state index in [1.165, 1.54) is 6.07 Å². The van der Waals surface area contributed by atoms with Gasteiger partial charge in [-0.25, -0.2) is 0 Å². The van der Waals surface area contributed by atoms with Crippen LogP contribution < -0.4 is 4.74 Å². The average molecular weight is 280 g/mol. The summed E-state index contributed by atoms with van der Waals surface area (Å²) in [6.45, 7) is 0.260. The number of phenolic OH excluding ortho intramolecular Hbond substituents is 1. The van der Waals surface area contributed by atoms with Gasteiger partial charge >= 0.3 is 0 Å². The Kier molecular flexibility index (Phi) is 3.73. The van der Waals surface area contributed by atoms with E-state index in [0.29, 0.717) is 0 Å². The van der Waals surface area contributed by atoms with Gasteiger partial charge in [0.15, 0.2) is 0 Å². The molecule has 6 heteroatoms. The Bertz CT molecular complexity index is 665. The molecule has 0 saturated heterocycles. The van der Waals surface area contributed by atoms with E-state index in [2.05, 4.69) is 0 Å². The summed E-state index contributed by atoms with van der Waals surface area (Å²) in [5, 5.41) is 9.36. The third kappa shape index (κ3) is 3.46. The van der Waals surface area contributed by atoms with Crippen molar-refractivity contribution in [2.24, 2.45) is 0 Å². The highest BCUT2D eigenvalue weighted by atomic mass is 32.2. The van der Waals surface area contributed by atoms with Gasteiger partial charge in [0.2, 0.25) is 0 Å². The lowest BCUT2D eigenvalue weighted by Crippen LogP contribution is -2.00. The van der Waals surface area contributed by atoms with Crippen molar-refractivity contribution in [3.05, 3.63) is 54.1 Å². The van der Waals surface area contributed by atoms with E-state index in [-0.39, 0.29) is 12.4 Å². The van der Waals surface area contributed by atoms with Crippen LogP contribution in [-0.2, 0) is 16.7 Å². The molecule has 0 atom stereocenters. The first-order chi connectivity index (χ1) is 8.97. The maximum Gasteiger partial charge on any atom is 0.298 e. The van der Waals surface area contributed by atoms with Gasteiger partial charge in [-0.2, -0.15) is 8.42 Å². The van der Waals surface area contributed by atoms with Crippen LogP contribution in [0.2, 0.25) is 0 Å². The summed E-state index contributed by atoms with van der Waals surface area (Å²) in [6.07, 6.45) is 0. The van der Waals surface area contributed by atoms with Crippen molar-refractivity contribution in [1.29, 1.82) is 0 Å². The van der Waals surface area contributed by atoms with Gasteiger partial charge in [-0.15, -0.1) is 0 Å². The largest absolute Gasteiger partial charge is 0.506 e. The Hall–Kier alpha value is -2.05. The van der Waals surface area contributed by atoms with Crippen LogP contribution >= 0.6 is 0 Å². The lowest BCUT2D eigenvalue weighted by atomic mass is 10.2. The second kappa shape index (κ2) is 5.29. The third-order valence-electron chi connectivity index (χ3n) is 2.46. The third-order valence-corrected chi connectivity index (χ3v) is 3.34. The molecule has 0 aliphatic carbocycles. The molecule has 0 aliphatic heterocycles. The quantitative estimate of drug-likeness (QED) is 0.839. The molecule has 0 bridgehead atoms. The van der Waals surface area contributed by atoms with E-state index < -0.39 is 20.8 Å². The molecule has 0 amide bonds. The number of rotatable bonds is 4. The summed E-state index contributed by atoms with van der Waals surface area (Å²) in [6, 6.07) is 13.0. The van der Waals surface area contributed by atoms with E-state index in [4.69, 9.17) is 9.29 Å². The van der Waals surface area contributed by atoms with Crippen molar-refractivity contribution in [2.75, 3.05) is 0 Å². The van der Waals surface area contributed by atoms with Crippen LogP contribution in [0.15, 0.2) is 53.4 Å². The van der Waals surface area contributed by atoms with E-state index in [1.807, 2.05) is 30.3 Å². The summed E-state index contributed by atoms with van der Waals surface area (Å²) >= 11 is 0. The molecule has 2 N–H and O–H groups in total. The van der Waals surface area contributed by atoms with Crippen molar-refractivity contribution < 1.29 is 22.8 Å². The molecule has 0 aliphatic rings. The van der Waals surface area contributed by atoms with E-state index in [9.17, 15) is 13.5 Å². The number of aromatic hydroxyl groups is 1. The predicted molar refractivity (Wildman–Crippen MR) is 68.7 cm³/mol. The van der Waals surface area contributed by atoms with Crippen LogP contribution in [0, 0.1) is 0 Å².